The molecule has 5 nitrogen and oxygen atoms in total. The molecule has 1 unspecified atom stereocenters. The second kappa shape index (κ2) is 5.69. The summed E-state index contributed by atoms with van der Waals surface area (Å²) in [6.07, 6.45) is 3.06. The Morgan fingerprint density at radius 2 is 2.10 bits per heavy atom. The molecule has 21 heavy (non-hydrogen) atoms. The van der Waals surface area contributed by atoms with Crippen molar-refractivity contribution in [3.63, 3.8) is 0 Å². The van der Waals surface area contributed by atoms with Gasteiger partial charge < -0.3 is 15.1 Å². The lowest BCUT2D eigenvalue weighted by atomic mass is 10.0. The van der Waals surface area contributed by atoms with Crippen LogP contribution < -0.4 is 0 Å². The van der Waals surface area contributed by atoms with Gasteiger partial charge in [0.1, 0.15) is 0 Å². The van der Waals surface area contributed by atoms with E-state index in [9.17, 15) is 14.7 Å². The van der Waals surface area contributed by atoms with Crippen molar-refractivity contribution in [1.29, 1.82) is 0 Å². The topological polar surface area (TPSA) is 77.8 Å². The third-order valence-corrected chi connectivity index (χ3v) is 3.65. The van der Waals surface area contributed by atoms with E-state index in [1.54, 1.807) is 30.0 Å². The predicted octanol–water partition coefficient (Wildman–Crippen LogP) is 1.69. The normalized spacial score (nSPS) is 22.0. The SMILES string of the molecule is Cc1ccc(/C=C/C(=O)O)cc1C(=O)N1CCC(C)(O)C1. The standard InChI is InChI=1S/C16H19NO4/c1-11-3-4-12(5-6-14(18)19)9-13(11)15(20)17-8-7-16(2,21)10-17/h3-6,9,21H,7-8,10H2,1-2H3,(H,18,19)/b6-5+. The van der Waals surface area contributed by atoms with Crippen LogP contribution in [0, 0.1) is 6.92 Å². The van der Waals surface area contributed by atoms with E-state index in [2.05, 4.69) is 0 Å². The minimum Gasteiger partial charge on any atom is -0.478 e. The highest BCUT2D eigenvalue weighted by Crippen LogP contribution is 2.23. The number of aliphatic carboxylic acids is 1. The van der Waals surface area contributed by atoms with Gasteiger partial charge in [0.05, 0.1) is 5.60 Å². The molecule has 1 fully saturated rings. The van der Waals surface area contributed by atoms with Gasteiger partial charge in [-0.1, -0.05) is 12.1 Å². The Labute approximate surface area is 123 Å². The number of rotatable bonds is 3. The van der Waals surface area contributed by atoms with Gasteiger partial charge in [-0.2, -0.15) is 0 Å². The molecule has 2 N–H and O–H groups in total. The first-order chi connectivity index (χ1) is 9.78. The van der Waals surface area contributed by atoms with Crippen molar-refractivity contribution in [1.82, 2.24) is 4.90 Å². The summed E-state index contributed by atoms with van der Waals surface area (Å²) in [5, 5.41) is 18.6. The zero-order chi connectivity index (χ0) is 15.6. The molecule has 0 bridgehead atoms. The van der Waals surface area contributed by atoms with Crippen molar-refractivity contribution in [3.8, 4) is 0 Å². The summed E-state index contributed by atoms with van der Waals surface area (Å²) in [5.74, 6) is -1.16. The maximum Gasteiger partial charge on any atom is 0.328 e. The van der Waals surface area contributed by atoms with Crippen LogP contribution >= 0.6 is 0 Å². The van der Waals surface area contributed by atoms with Gasteiger partial charge in [-0.15, -0.1) is 0 Å². The van der Waals surface area contributed by atoms with E-state index < -0.39 is 11.6 Å². The van der Waals surface area contributed by atoms with E-state index in [0.717, 1.165) is 11.6 Å². The summed E-state index contributed by atoms with van der Waals surface area (Å²) in [5.41, 5.74) is 1.21. The van der Waals surface area contributed by atoms with Gasteiger partial charge >= 0.3 is 5.97 Å². The fourth-order valence-corrected chi connectivity index (χ4v) is 2.43. The lowest BCUT2D eigenvalue weighted by Crippen LogP contribution is -2.34. The maximum atomic E-state index is 12.5. The molecular weight excluding hydrogens is 270 g/mol. The molecule has 0 saturated carbocycles. The fraction of sp³-hybridized carbons (Fsp3) is 0.375. The number of aliphatic hydroxyl groups is 1. The number of carboxylic acids is 1. The number of benzene rings is 1. The molecule has 5 heteroatoms. The zero-order valence-corrected chi connectivity index (χ0v) is 12.2. The number of carbonyl (C=O) groups excluding carboxylic acids is 1. The van der Waals surface area contributed by atoms with Gasteiger partial charge in [0.2, 0.25) is 0 Å². The summed E-state index contributed by atoms with van der Waals surface area (Å²) in [6.45, 7) is 4.41. The minimum atomic E-state index is -1.03. The second-order valence-electron chi connectivity index (χ2n) is 5.72. The summed E-state index contributed by atoms with van der Waals surface area (Å²) in [6, 6.07) is 5.25. The van der Waals surface area contributed by atoms with Gasteiger partial charge in [-0.25, -0.2) is 4.79 Å². The molecule has 0 aliphatic carbocycles. The largest absolute Gasteiger partial charge is 0.478 e. The molecule has 1 amide bonds. The first-order valence-electron chi connectivity index (χ1n) is 6.82. The van der Waals surface area contributed by atoms with Crippen molar-refractivity contribution >= 4 is 18.0 Å². The molecule has 1 aliphatic rings. The number of hydrogen-bond donors (Lipinski definition) is 2. The van der Waals surface area contributed by atoms with Gasteiger partial charge in [-0.3, -0.25) is 4.79 Å². The molecule has 112 valence electrons. The van der Waals surface area contributed by atoms with E-state index in [1.807, 2.05) is 6.92 Å². The Kier molecular flexibility index (Phi) is 4.14. The van der Waals surface area contributed by atoms with Crippen molar-refractivity contribution in [2.45, 2.75) is 25.9 Å². The van der Waals surface area contributed by atoms with Crippen molar-refractivity contribution in [2.75, 3.05) is 13.1 Å². The Morgan fingerprint density at radius 3 is 2.67 bits per heavy atom. The molecule has 1 heterocycles. The zero-order valence-electron chi connectivity index (χ0n) is 12.2. The summed E-state index contributed by atoms with van der Waals surface area (Å²) >= 11 is 0. The number of aryl methyl sites for hydroxylation is 1. The Bertz CT molecular complexity index is 604. The number of amides is 1. The average molecular weight is 289 g/mol. The Balaban J connectivity index is 2.24. The van der Waals surface area contributed by atoms with Crippen molar-refractivity contribution in [3.05, 3.63) is 41.0 Å². The smallest absolute Gasteiger partial charge is 0.328 e. The second-order valence-corrected chi connectivity index (χ2v) is 5.72. The molecular formula is C16H19NO4. The molecule has 1 aliphatic heterocycles. The summed E-state index contributed by atoms with van der Waals surface area (Å²) in [4.78, 5) is 24.7. The quantitative estimate of drug-likeness (QED) is 0.830. The molecule has 0 aromatic heterocycles. The highest BCUT2D eigenvalue weighted by atomic mass is 16.4. The number of nitrogens with zero attached hydrogens (tertiary/aromatic N) is 1. The van der Waals surface area contributed by atoms with Gasteiger partial charge in [0.15, 0.2) is 0 Å². The minimum absolute atomic E-state index is 0.129. The van der Waals surface area contributed by atoms with Crippen LogP contribution in [0.2, 0.25) is 0 Å². The molecule has 1 aromatic rings. The number of carboxylic acid groups (broad SMARTS) is 1. The van der Waals surface area contributed by atoms with Crippen LogP contribution in [-0.2, 0) is 4.79 Å². The summed E-state index contributed by atoms with van der Waals surface area (Å²) in [7, 11) is 0. The molecule has 0 spiro atoms. The van der Waals surface area contributed by atoms with Gasteiger partial charge in [0, 0.05) is 24.7 Å². The highest BCUT2D eigenvalue weighted by Gasteiger charge is 2.34. The molecule has 2 rings (SSSR count). The third-order valence-electron chi connectivity index (χ3n) is 3.65. The molecule has 1 atom stereocenters. The van der Waals surface area contributed by atoms with Crippen LogP contribution in [0.25, 0.3) is 6.08 Å². The number of likely N-dealkylation sites (tertiary alicyclic amines) is 1. The average Bonchev–Trinajstić information content (AvgIpc) is 2.77. The van der Waals surface area contributed by atoms with Crippen LogP contribution in [0.15, 0.2) is 24.3 Å². The lowest BCUT2D eigenvalue weighted by molar-refractivity contribution is -0.131. The lowest BCUT2D eigenvalue weighted by Gasteiger charge is -2.20. The van der Waals surface area contributed by atoms with E-state index >= 15 is 0 Å². The van der Waals surface area contributed by atoms with Crippen LogP contribution in [-0.4, -0.2) is 45.7 Å². The van der Waals surface area contributed by atoms with Gasteiger partial charge in [-0.05, 0) is 43.5 Å². The molecule has 1 aromatic carbocycles. The first kappa shape index (κ1) is 15.3. The number of β-amino-alcohol motifs (C(OH)–C–C–N with tert-alkyl or cyclic N) is 1. The van der Waals surface area contributed by atoms with Gasteiger partial charge in [0.25, 0.3) is 5.91 Å². The van der Waals surface area contributed by atoms with Crippen molar-refractivity contribution in [2.24, 2.45) is 0 Å². The Hall–Kier alpha value is -2.14. The molecule has 0 radical (unpaired) electrons. The highest BCUT2D eigenvalue weighted by molar-refractivity contribution is 5.96. The van der Waals surface area contributed by atoms with E-state index in [4.69, 9.17) is 5.11 Å². The van der Waals surface area contributed by atoms with E-state index in [0.29, 0.717) is 30.6 Å². The number of hydrogen-bond acceptors (Lipinski definition) is 3. The summed E-state index contributed by atoms with van der Waals surface area (Å²) < 4.78 is 0. The first-order valence-corrected chi connectivity index (χ1v) is 6.82. The van der Waals surface area contributed by atoms with Crippen LogP contribution in [0.1, 0.15) is 34.8 Å². The monoisotopic (exact) mass is 289 g/mol. The number of carbonyl (C=O) groups is 2. The van der Waals surface area contributed by atoms with Crippen molar-refractivity contribution < 1.29 is 19.8 Å². The fourth-order valence-electron chi connectivity index (χ4n) is 2.43. The molecule has 1 saturated heterocycles. The van der Waals surface area contributed by atoms with Crippen LogP contribution in [0.5, 0.6) is 0 Å². The van der Waals surface area contributed by atoms with Crippen LogP contribution in [0.4, 0.5) is 0 Å². The van der Waals surface area contributed by atoms with Crippen LogP contribution in [0.3, 0.4) is 0 Å². The predicted molar refractivity (Wildman–Crippen MR) is 79.0 cm³/mol. The van der Waals surface area contributed by atoms with E-state index in [1.165, 1.54) is 6.08 Å². The third kappa shape index (κ3) is 3.70. The Morgan fingerprint density at radius 1 is 1.38 bits per heavy atom. The maximum absolute atomic E-state index is 12.5. The van der Waals surface area contributed by atoms with E-state index in [-0.39, 0.29) is 5.91 Å².